The molecule has 1 aromatic rings. The molecule has 5 nitrogen and oxygen atoms in total. The van der Waals surface area contributed by atoms with E-state index in [1.807, 2.05) is 11.0 Å². The zero-order chi connectivity index (χ0) is 24.7. The number of unbranched alkanes of at least 4 members (excludes halogenated alkanes) is 1. The minimum absolute atomic E-state index is 0.101. The van der Waals surface area contributed by atoms with E-state index in [-0.39, 0.29) is 11.0 Å². The maximum absolute atomic E-state index is 12.6. The largest absolute Gasteiger partial charge is 0.508 e. The van der Waals surface area contributed by atoms with Gasteiger partial charge in [0, 0.05) is 50.0 Å². The summed E-state index contributed by atoms with van der Waals surface area (Å²) in [5.74, 6) is 2.22. The summed E-state index contributed by atoms with van der Waals surface area (Å²) in [7, 11) is 2.11. The molecule has 0 aromatic heterocycles. The Labute approximate surface area is 206 Å². The first-order valence-electron chi connectivity index (χ1n) is 13.2. The first-order valence-corrected chi connectivity index (χ1v) is 13.2. The van der Waals surface area contributed by atoms with Crippen molar-refractivity contribution < 1.29 is 14.6 Å². The first kappa shape index (κ1) is 25.1. The molecule has 3 aliphatic rings. The molecule has 34 heavy (non-hydrogen) atoms. The topological polar surface area (TPSA) is 53.0 Å². The number of phenolic OH excluding ortho intramolecular Hbond substituents is 1. The normalized spacial score (nSPS) is 24.6. The number of ether oxygens (including phenoxy) is 1. The SMILES string of the molecule is CC1=CCC2C(C1)c1c(O)cc(C(C)(C)CCCCC(=O)N3CCN(C)CC3)cc1OC2(C)C. The predicted molar refractivity (Wildman–Crippen MR) is 138 cm³/mol. The molecular weight excluding hydrogens is 424 g/mol. The van der Waals surface area contributed by atoms with E-state index in [0.29, 0.717) is 29.9 Å². The van der Waals surface area contributed by atoms with Crippen molar-refractivity contribution in [1.29, 1.82) is 0 Å². The summed E-state index contributed by atoms with van der Waals surface area (Å²) in [5, 5.41) is 11.2. The highest BCUT2D eigenvalue weighted by atomic mass is 16.5. The Balaban J connectivity index is 1.41. The second-order valence-corrected chi connectivity index (χ2v) is 12.1. The number of aromatic hydroxyl groups is 1. The van der Waals surface area contributed by atoms with Crippen LogP contribution >= 0.6 is 0 Å². The zero-order valence-corrected chi connectivity index (χ0v) is 22.1. The van der Waals surface area contributed by atoms with Crippen LogP contribution in [0.15, 0.2) is 23.8 Å². The molecule has 0 bridgehead atoms. The molecule has 1 aliphatic carbocycles. The lowest BCUT2D eigenvalue weighted by Gasteiger charge is -2.47. The van der Waals surface area contributed by atoms with E-state index < -0.39 is 0 Å². The van der Waals surface area contributed by atoms with E-state index >= 15 is 0 Å². The van der Waals surface area contributed by atoms with Gasteiger partial charge in [-0.3, -0.25) is 4.79 Å². The number of hydrogen-bond acceptors (Lipinski definition) is 4. The van der Waals surface area contributed by atoms with Crippen LogP contribution in [0.25, 0.3) is 0 Å². The Morgan fingerprint density at radius 3 is 2.59 bits per heavy atom. The van der Waals surface area contributed by atoms with Crippen molar-refractivity contribution in [3.63, 3.8) is 0 Å². The molecule has 0 spiro atoms. The Bertz CT molecular complexity index is 941. The predicted octanol–water partition coefficient (Wildman–Crippen LogP) is 5.62. The number of allylic oxidation sites excluding steroid dienone is 2. The van der Waals surface area contributed by atoms with Gasteiger partial charge in [0.2, 0.25) is 5.91 Å². The highest BCUT2D eigenvalue weighted by Crippen LogP contribution is 2.54. The number of carbonyl (C=O) groups is 1. The minimum Gasteiger partial charge on any atom is -0.508 e. The van der Waals surface area contributed by atoms with Crippen molar-refractivity contribution in [2.75, 3.05) is 33.2 Å². The highest BCUT2D eigenvalue weighted by molar-refractivity contribution is 5.76. The van der Waals surface area contributed by atoms with Crippen LogP contribution in [0.5, 0.6) is 11.5 Å². The van der Waals surface area contributed by atoms with Gasteiger partial charge in [0.1, 0.15) is 17.1 Å². The fraction of sp³-hybridized carbons (Fsp3) is 0.690. The third kappa shape index (κ3) is 5.15. The van der Waals surface area contributed by atoms with Crippen molar-refractivity contribution in [2.45, 2.75) is 90.1 Å². The van der Waals surface area contributed by atoms with E-state index in [9.17, 15) is 9.90 Å². The summed E-state index contributed by atoms with van der Waals surface area (Å²) in [5.41, 5.74) is 3.16. The number of benzene rings is 1. The van der Waals surface area contributed by atoms with Crippen molar-refractivity contribution in [2.24, 2.45) is 5.92 Å². The average Bonchev–Trinajstić information content (AvgIpc) is 2.76. The van der Waals surface area contributed by atoms with Crippen LogP contribution in [0.1, 0.15) is 90.2 Å². The molecule has 5 heteroatoms. The fourth-order valence-electron chi connectivity index (χ4n) is 6.16. The van der Waals surface area contributed by atoms with E-state index in [2.05, 4.69) is 58.7 Å². The van der Waals surface area contributed by atoms with Gasteiger partial charge in [-0.25, -0.2) is 0 Å². The van der Waals surface area contributed by atoms with Gasteiger partial charge in [-0.1, -0.05) is 31.9 Å². The second kappa shape index (κ2) is 9.56. The van der Waals surface area contributed by atoms with Gasteiger partial charge in [-0.15, -0.1) is 0 Å². The average molecular weight is 469 g/mol. The number of nitrogens with zero attached hydrogens (tertiary/aromatic N) is 2. The lowest BCUT2D eigenvalue weighted by molar-refractivity contribution is -0.132. The molecule has 0 saturated carbocycles. The number of rotatable bonds is 6. The van der Waals surface area contributed by atoms with Crippen molar-refractivity contribution in [3.8, 4) is 11.5 Å². The van der Waals surface area contributed by atoms with E-state index in [1.165, 1.54) is 5.57 Å². The number of fused-ring (bicyclic) bond motifs is 3. The highest BCUT2D eigenvalue weighted by Gasteiger charge is 2.46. The molecule has 1 aromatic carbocycles. The number of phenols is 1. The molecule has 0 radical (unpaired) electrons. The zero-order valence-electron chi connectivity index (χ0n) is 22.1. The molecule has 1 saturated heterocycles. The van der Waals surface area contributed by atoms with Crippen LogP contribution in [0, 0.1) is 5.92 Å². The molecule has 2 atom stereocenters. The summed E-state index contributed by atoms with van der Waals surface area (Å²) in [6.07, 6.45) is 7.82. The van der Waals surface area contributed by atoms with Crippen LogP contribution in [0.2, 0.25) is 0 Å². The van der Waals surface area contributed by atoms with Crippen molar-refractivity contribution >= 4 is 5.91 Å². The van der Waals surface area contributed by atoms with Gasteiger partial charge in [0.05, 0.1) is 0 Å². The smallest absolute Gasteiger partial charge is 0.222 e. The van der Waals surface area contributed by atoms with Crippen LogP contribution in [0.3, 0.4) is 0 Å². The number of carbonyl (C=O) groups excluding carboxylic acids is 1. The van der Waals surface area contributed by atoms with Crippen molar-refractivity contribution in [1.82, 2.24) is 9.80 Å². The van der Waals surface area contributed by atoms with Crippen molar-refractivity contribution in [3.05, 3.63) is 34.9 Å². The quantitative estimate of drug-likeness (QED) is 0.435. The Hall–Kier alpha value is -2.01. The summed E-state index contributed by atoms with van der Waals surface area (Å²) >= 11 is 0. The van der Waals surface area contributed by atoms with Crippen LogP contribution < -0.4 is 4.74 Å². The van der Waals surface area contributed by atoms with Gasteiger partial charge >= 0.3 is 0 Å². The molecule has 1 amide bonds. The molecule has 188 valence electrons. The number of hydrogen-bond donors (Lipinski definition) is 1. The van der Waals surface area contributed by atoms with E-state index in [4.69, 9.17) is 4.74 Å². The molecule has 2 heterocycles. The third-order valence-electron chi connectivity index (χ3n) is 8.58. The van der Waals surface area contributed by atoms with Gasteiger partial charge < -0.3 is 19.6 Å². The fourth-order valence-corrected chi connectivity index (χ4v) is 6.16. The molecular formula is C29H44N2O3. The number of likely N-dealkylation sites (N-methyl/N-ethyl adjacent to an activating group) is 1. The summed E-state index contributed by atoms with van der Waals surface area (Å²) in [6, 6.07) is 4.15. The number of piperazine rings is 1. The van der Waals surface area contributed by atoms with Crippen LogP contribution in [-0.4, -0.2) is 59.6 Å². The summed E-state index contributed by atoms with van der Waals surface area (Å²) in [6.45, 7) is 14.7. The standard InChI is InChI=1S/C29H44N2O3/c1-20-10-11-23-22(17-20)27-24(32)18-21(19-25(27)34-29(23,4)5)28(2,3)12-8-7-9-26(33)31-15-13-30(6)14-16-31/h10,18-19,22-23,32H,7-9,11-17H2,1-6H3. The Kier molecular flexibility index (Phi) is 7.06. The van der Waals surface area contributed by atoms with E-state index in [1.54, 1.807) is 0 Å². The molecule has 2 unspecified atom stereocenters. The Morgan fingerprint density at radius 1 is 1.18 bits per heavy atom. The maximum Gasteiger partial charge on any atom is 0.222 e. The first-order chi connectivity index (χ1) is 16.0. The maximum atomic E-state index is 12.6. The molecule has 1 N–H and O–H groups in total. The minimum atomic E-state index is -0.256. The van der Waals surface area contributed by atoms with Gasteiger partial charge in [-0.2, -0.15) is 0 Å². The van der Waals surface area contributed by atoms with Gasteiger partial charge in [0.25, 0.3) is 0 Å². The van der Waals surface area contributed by atoms with Crippen LogP contribution in [-0.2, 0) is 10.2 Å². The van der Waals surface area contributed by atoms with Gasteiger partial charge in [-0.05, 0) is 76.6 Å². The number of amides is 1. The summed E-state index contributed by atoms with van der Waals surface area (Å²) in [4.78, 5) is 16.8. The lowest BCUT2D eigenvalue weighted by Crippen LogP contribution is -2.47. The monoisotopic (exact) mass is 468 g/mol. The second-order valence-electron chi connectivity index (χ2n) is 12.1. The summed E-state index contributed by atoms with van der Waals surface area (Å²) < 4.78 is 6.53. The molecule has 1 fully saturated rings. The molecule has 4 rings (SSSR count). The van der Waals surface area contributed by atoms with Gasteiger partial charge in [0.15, 0.2) is 0 Å². The lowest BCUT2D eigenvalue weighted by atomic mass is 9.66. The third-order valence-corrected chi connectivity index (χ3v) is 8.58. The van der Waals surface area contributed by atoms with Crippen LogP contribution in [0.4, 0.5) is 0 Å². The molecule has 2 aliphatic heterocycles. The Morgan fingerprint density at radius 2 is 1.88 bits per heavy atom. The van der Waals surface area contributed by atoms with E-state index in [0.717, 1.165) is 75.2 Å².